The van der Waals surface area contributed by atoms with Crippen molar-refractivity contribution in [1.29, 1.82) is 0 Å². The van der Waals surface area contributed by atoms with Gasteiger partial charge in [-0.15, -0.1) is 6.42 Å². The number of aryl methyl sites for hydroxylation is 1. The van der Waals surface area contributed by atoms with Crippen molar-refractivity contribution < 1.29 is 4.79 Å². The van der Waals surface area contributed by atoms with Crippen LogP contribution in [0.15, 0.2) is 54.6 Å². The summed E-state index contributed by atoms with van der Waals surface area (Å²) in [6, 6.07) is 10.1. The van der Waals surface area contributed by atoms with Gasteiger partial charge in [0.05, 0.1) is 5.92 Å². The fourth-order valence-electron chi connectivity index (χ4n) is 1.94. The van der Waals surface area contributed by atoms with Gasteiger partial charge in [-0.2, -0.15) is 0 Å². The number of amides is 1. The Morgan fingerprint density at radius 2 is 2.05 bits per heavy atom. The van der Waals surface area contributed by atoms with Crippen molar-refractivity contribution in [3.8, 4) is 24.2 Å². The quantitative estimate of drug-likeness (QED) is 0.446. The third kappa shape index (κ3) is 7.78. The van der Waals surface area contributed by atoms with E-state index in [1.165, 1.54) is 5.56 Å². The summed E-state index contributed by atoms with van der Waals surface area (Å²) in [5, 5.41) is 0. The van der Waals surface area contributed by atoms with Gasteiger partial charge in [-0.05, 0) is 36.7 Å². The molecular formula is C20H21NO. The molecule has 0 fully saturated rings. The first-order chi connectivity index (χ1) is 10.7. The van der Waals surface area contributed by atoms with Gasteiger partial charge in [-0.3, -0.25) is 4.79 Å². The maximum Gasteiger partial charge on any atom is 0.224 e. The molecule has 0 spiro atoms. The molecule has 0 aliphatic rings. The zero-order valence-corrected chi connectivity index (χ0v) is 12.7. The van der Waals surface area contributed by atoms with Gasteiger partial charge in [-0.1, -0.05) is 60.6 Å². The molecule has 2 N–H and O–H groups in total. The van der Waals surface area contributed by atoms with Crippen molar-refractivity contribution in [1.82, 2.24) is 0 Å². The maximum absolute atomic E-state index is 11.5. The Morgan fingerprint density at radius 3 is 2.73 bits per heavy atom. The molecule has 1 atom stereocenters. The number of carbonyl (C=O) groups excluding carboxylic acids is 1. The number of unbranched alkanes of at least 4 members (excludes halogenated alkanes) is 1. The van der Waals surface area contributed by atoms with E-state index in [1.807, 2.05) is 42.5 Å². The van der Waals surface area contributed by atoms with Gasteiger partial charge in [0.1, 0.15) is 0 Å². The minimum absolute atomic E-state index is 0.244. The van der Waals surface area contributed by atoms with E-state index in [4.69, 9.17) is 12.2 Å². The molecule has 2 nitrogen and oxygen atoms in total. The van der Waals surface area contributed by atoms with Crippen LogP contribution in [0.4, 0.5) is 0 Å². The Hall–Kier alpha value is -2.71. The highest BCUT2D eigenvalue weighted by atomic mass is 16.1. The first kappa shape index (κ1) is 17.3. The van der Waals surface area contributed by atoms with Crippen LogP contribution in [0, 0.1) is 30.1 Å². The first-order valence-corrected chi connectivity index (χ1v) is 7.34. The van der Waals surface area contributed by atoms with E-state index < -0.39 is 0 Å². The molecule has 1 aromatic carbocycles. The monoisotopic (exact) mass is 291 g/mol. The van der Waals surface area contributed by atoms with Crippen molar-refractivity contribution >= 4 is 5.91 Å². The summed E-state index contributed by atoms with van der Waals surface area (Å²) in [6.45, 7) is 0. The fourth-order valence-corrected chi connectivity index (χ4v) is 1.94. The van der Waals surface area contributed by atoms with E-state index in [2.05, 4.69) is 29.9 Å². The number of hydrogen-bond donors (Lipinski definition) is 1. The van der Waals surface area contributed by atoms with Crippen LogP contribution >= 0.6 is 0 Å². The summed E-state index contributed by atoms with van der Waals surface area (Å²) in [5.41, 5.74) is 6.66. The third-order valence-corrected chi connectivity index (χ3v) is 3.14. The lowest BCUT2D eigenvalue weighted by molar-refractivity contribution is -0.120. The van der Waals surface area contributed by atoms with Gasteiger partial charge in [-0.25, -0.2) is 0 Å². The molecule has 0 saturated carbocycles. The number of hydrogen-bond acceptors (Lipinski definition) is 1. The summed E-state index contributed by atoms with van der Waals surface area (Å²) in [6.07, 6.45) is 15.8. The lowest BCUT2D eigenvalue weighted by Gasteiger charge is -2.08. The minimum atomic E-state index is -0.291. The Kier molecular flexibility index (Phi) is 8.67. The van der Waals surface area contributed by atoms with Gasteiger partial charge in [0.15, 0.2) is 0 Å². The number of rotatable bonds is 8. The summed E-state index contributed by atoms with van der Waals surface area (Å²) in [7, 11) is 0. The molecule has 1 rings (SSSR count). The van der Waals surface area contributed by atoms with Crippen molar-refractivity contribution in [2.45, 2.75) is 25.7 Å². The lowest BCUT2D eigenvalue weighted by atomic mass is 9.98. The molecule has 2 heteroatoms. The number of nitrogens with two attached hydrogens (primary N) is 1. The zero-order valence-electron chi connectivity index (χ0n) is 12.7. The number of benzene rings is 1. The predicted octanol–water partition coefficient (Wildman–Crippen LogP) is 3.25. The number of carbonyl (C=O) groups is 1. The molecule has 0 aromatic heterocycles. The smallest absolute Gasteiger partial charge is 0.224 e. The van der Waals surface area contributed by atoms with E-state index in [-0.39, 0.29) is 11.8 Å². The average molecular weight is 291 g/mol. The van der Waals surface area contributed by atoms with E-state index in [1.54, 1.807) is 0 Å². The first-order valence-electron chi connectivity index (χ1n) is 7.34. The molecule has 0 heterocycles. The molecule has 0 radical (unpaired) electrons. The van der Waals surface area contributed by atoms with Crippen LogP contribution in [0.1, 0.15) is 24.8 Å². The van der Waals surface area contributed by atoms with E-state index in [0.29, 0.717) is 0 Å². The Bertz CT molecular complexity index is 609. The van der Waals surface area contributed by atoms with Gasteiger partial charge in [0.2, 0.25) is 5.91 Å². The lowest BCUT2D eigenvalue weighted by Crippen LogP contribution is -2.22. The minimum Gasteiger partial charge on any atom is -0.369 e. The summed E-state index contributed by atoms with van der Waals surface area (Å²) in [4.78, 5) is 11.5. The highest BCUT2D eigenvalue weighted by molar-refractivity contribution is 5.78. The topological polar surface area (TPSA) is 43.1 Å². The van der Waals surface area contributed by atoms with Gasteiger partial charge in [0, 0.05) is 6.42 Å². The Labute approximate surface area is 133 Å². The Balaban J connectivity index is 2.40. The SMILES string of the molecule is C#CC#CCCC=CC=CC(CCc1ccccc1)C(N)=O. The van der Waals surface area contributed by atoms with E-state index in [9.17, 15) is 4.79 Å². The summed E-state index contributed by atoms with van der Waals surface area (Å²) < 4.78 is 0. The van der Waals surface area contributed by atoms with Crippen LogP contribution in [-0.4, -0.2) is 5.91 Å². The molecule has 0 aliphatic heterocycles. The molecule has 0 aliphatic carbocycles. The number of terminal acetylenes is 1. The number of primary amides is 1. The second-order valence-corrected chi connectivity index (χ2v) is 4.83. The average Bonchev–Trinajstić information content (AvgIpc) is 2.53. The van der Waals surface area contributed by atoms with Crippen molar-refractivity contribution in [2.24, 2.45) is 11.7 Å². The van der Waals surface area contributed by atoms with Crippen LogP contribution in [-0.2, 0) is 11.2 Å². The van der Waals surface area contributed by atoms with Crippen LogP contribution in [0.5, 0.6) is 0 Å². The van der Waals surface area contributed by atoms with Crippen molar-refractivity contribution in [3.05, 3.63) is 60.2 Å². The normalized spacial score (nSPS) is 11.8. The zero-order chi connectivity index (χ0) is 16.0. The molecule has 22 heavy (non-hydrogen) atoms. The predicted molar refractivity (Wildman–Crippen MR) is 91.6 cm³/mol. The molecule has 112 valence electrons. The van der Waals surface area contributed by atoms with Gasteiger partial charge in [0.25, 0.3) is 0 Å². The van der Waals surface area contributed by atoms with Gasteiger partial charge < -0.3 is 5.73 Å². The van der Waals surface area contributed by atoms with Crippen LogP contribution < -0.4 is 5.73 Å². The molecular weight excluding hydrogens is 270 g/mol. The molecule has 0 bridgehead atoms. The number of allylic oxidation sites excluding steroid dienone is 3. The molecule has 0 saturated heterocycles. The standard InChI is InChI=1S/C20H21NO/c1-2-3-4-5-6-7-8-12-15-19(20(21)22)17-16-18-13-10-9-11-14-18/h1,7-15,19H,5-6,16-17H2,(H2,21,22). The maximum atomic E-state index is 11.5. The van der Waals surface area contributed by atoms with Crippen LogP contribution in [0.3, 0.4) is 0 Å². The second kappa shape index (κ2) is 11.0. The van der Waals surface area contributed by atoms with E-state index in [0.717, 1.165) is 25.7 Å². The summed E-state index contributed by atoms with van der Waals surface area (Å²) >= 11 is 0. The second-order valence-electron chi connectivity index (χ2n) is 4.83. The van der Waals surface area contributed by atoms with Crippen LogP contribution in [0.2, 0.25) is 0 Å². The largest absolute Gasteiger partial charge is 0.369 e. The van der Waals surface area contributed by atoms with Crippen LogP contribution in [0.25, 0.3) is 0 Å². The van der Waals surface area contributed by atoms with Gasteiger partial charge >= 0.3 is 0 Å². The highest BCUT2D eigenvalue weighted by Crippen LogP contribution is 2.11. The van der Waals surface area contributed by atoms with E-state index >= 15 is 0 Å². The third-order valence-electron chi connectivity index (χ3n) is 3.14. The molecule has 1 unspecified atom stereocenters. The highest BCUT2D eigenvalue weighted by Gasteiger charge is 2.10. The van der Waals surface area contributed by atoms with Crippen molar-refractivity contribution in [2.75, 3.05) is 0 Å². The Morgan fingerprint density at radius 1 is 1.27 bits per heavy atom. The molecule has 1 aromatic rings. The fraction of sp³-hybridized carbons (Fsp3) is 0.250. The molecule has 1 amide bonds. The van der Waals surface area contributed by atoms with Crippen molar-refractivity contribution in [3.63, 3.8) is 0 Å². The summed E-state index contributed by atoms with van der Waals surface area (Å²) in [5.74, 6) is 7.16.